The summed E-state index contributed by atoms with van der Waals surface area (Å²) < 4.78 is 12.8. The molecule has 0 aliphatic carbocycles. The third-order valence-electron chi connectivity index (χ3n) is 9.70. The van der Waals surface area contributed by atoms with Gasteiger partial charge in [0.2, 0.25) is 5.89 Å². The molecule has 0 atom stereocenters. The monoisotopic (exact) mass is 654 g/mol. The minimum atomic E-state index is 0.605. The maximum atomic E-state index is 6.56. The van der Waals surface area contributed by atoms with Crippen LogP contribution in [-0.4, -0.2) is 4.98 Å². The van der Waals surface area contributed by atoms with Crippen LogP contribution in [0.15, 0.2) is 191 Å². The molecule has 4 nitrogen and oxygen atoms in total. The van der Waals surface area contributed by atoms with E-state index in [0.717, 1.165) is 66.8 Å². The lowest BCUT2D eigenvalue weighted by atomic mass is 9.98. The predicted molar refractivity (Wildman–Crippen MR) is 210 cm³/mol. The molecule has 10 rings (SSSR count). The van der Waals surface area contributed by atoms with Gasteiger partial charge < -0.3 is 13.7 Å². The Hall–Kier alpha value is -6.91. The maximum absolute atomic E-state index is 6.56. The van der Waals surface area contributed by atoms with Gasteiger partial charge in [-0.3, -0.25) is 0 Å². The molecule has 0 spiro atoms. The van der Waals surface area contributed by atoms with Crippen LogP contribution in [0.25, 0.3) is 77.5 Å². The minimum Gasteiger partial charge on any atom is -0.455 e. The van der Waals surface area contributed by atoms with Crippen molar-refractivity contribution in [2.45, 2.75) is 0 Å². The standard InChI is InChI=1S/C47H30N2O2/c1-3-12-34(13-4-1)47-48-43-30-44-42(29-45(43)51-47)41-20-10-19-40(46(41)50-44)33-23-27-37(28-24-33)49(35-15-5-2-6-16-35)36-25-21-32(22-26-36)39-18-9-14-31-11-7-8-17-38(31)39/h1-30H. The zero-order chi connectivity index (χ0) is 33.7. The number of rotatable bonds is 6. The maximum Gasteiger partial charge on any atom is 0.227 e. The summed E-state index contributed by atoms with van der Waals surface area (Å²) in [5, 5.41) is 4.55. The number of nitrogens with zero attached hydrogens (tertiary/aromatic N) is 2. The van der Waals surface area contributed by atoms with Gasteiger partial charge in [0.15, 0.2) is 5.58 Å². The quantitative estimate of drug-likeness (QED) is 0.179. The van der Waals surface area contributed by atoms with Crippen molar-refractivity contribution in [1.82, 2.24) is 4.98 Å². The van der Waals surface area contributed by atoms with E-state index in [1.54, 1.807) is 0 Å². The first kappa shape index (κ1) is 29.0. The number of para-hydroxylation sites is 2. The van der Waals surface area contributed by atoms with Gasteiger partial charge in [-0.25, -0.2) is 4.98 Å². The summed E-state index contributed by atoms with van der Waals surface area (Å²) in [6.07, 6.45) is 0. The summed E-state index contributed by atoms with van der Waals surface area (Å²) >= 11 is 0. The second-order valence-electron chi connectivity index (χ2n) is 12.8. The fourth-order valence-corrected chi connectivity index (χ4v) is 7.23. The average Bonchev–Trinajstić information content (AvgIpc) is 3.79. The van der Waals surface area contributed by atoms with Crippen molar-refractivity contribution in [2.24, 2.45) is 0 Å². The van der Waals surface area contributed by atoms with Gasteiger partial charge in [0.1, 0.15) is 16.7 Å². The van der Waals surface area contributed by atoms with Crippen LogP contribution >= 0.6 is 0 Å². The molecule has 0 saturated carbocycles. The van der Waals surface area contributed by atoms with E-state index >= 15 is 0 Å². The summed E-state index contributed by atoms with van der Waals surface area (Å²) in [5.74, 6) is 0.605. The number of benzene rings is 8. The topological polar surface area (TPSA) is 42.4 Å². The Morgan fingerprint density at radius 3 is 1.75 bits per heavy atom. The minimum absolute atomic E-state index is 0.605. The lowest BCUT2D eigenvalue weighted by molar-refractivity contribution is 0.620. The molecule has 0 N–H and O–H groups in total. The predicted octanol–water partition coefficient (Wildman–Crippen LogP) is 13.4. The molecule has 0 fully saturated rings. The van der Waals surface area contributed by atoms with E-state index in [1.807, 2.05) is 42.5 Å². The first-order valence-electron chi connectivity index (χ1n) is 17.1. The molecule has 240 valence electrons. The highest BCUT2D eigenvalue weighted by Crippen LogP contribution is 2.41. The Labute approximate surface area is 294 Å². The van der Waals surface area contributed by atoms with Crippen molar-refractivity contribution < 1.29 is 8.83 Å². The summed E-state index contributed by atoms with van der Waals surface area (Å²) in [6, 6.07) is 63.5. The molecule has 2 heterocycles. The van der Waals surface area contributed by atoms with Gasteiger partial charge in [0.25, 0.3) is 0 Å². The lowest BCUT2D eigenvalue weighted by Crippen LogP contribution is -2.09. The van der Waals surface area contributed by atoms with Gasteiger partial charge >= 0.3 is 0 Å². The average molecular weight is 655 g/mol. The first-order valence-corrected chi connectivity index (χ1v) is 17.1. The van der Waals surface area contributed by atoms with Crippen LogP contribution in [0.3, 0.4) is 0 Å². The molecule has 51 heavy (non-hydrogen) atoms. The van der Waals surface area contributed by atoms with Gasteiger partial charge in [-0.15, -0.1) is 0 Å². The van der Waals surface area contributed by atoms with Gasteiger partial charge in [-0.05, 0) is 82.1 Å². The van der Waals surface area contributed by atoms with Crippen molar-refractivity contribution >= 4 is 60.9 Å². The van der Waals surface area contributed by atoms with Gasteiger partial charge in [-0.2, -0.15) is 0 Å². The molecule has 0 unspecified atom stereocenters. The molecule has 0 bridgehead atoms. The number of fused-ring (bicyclic) bond motifs is 5. The number of furan rings is 1. The highest BCUT2D eigenvalue weighted by molar-refractivity contribution is 6.12. The van der Waals surface area contributed by atoms with Crippen molar-refractivity contribution in [3.8, 4) is 33.7 Å². The van der Waals surface area contributed by atoms with Crippen LogP contribution in [0.2, 0.25) is 0 Å². The third-order valence-corrected chi connectivity index (χ3v) is 9.70. The SMILES string of the molecule is c1ccc(-c2nc3cc4oc5c(-c6ccc(N(c7ccccc7)c7ccc(-c8cccc9ccccc89)cc7)cc6)cccc5c4cc3o2)cc1. The van der Waals surface area contributed by atoms with Crippen LogP contribution in [0.5, 0.6) is 0 Å². The smallest absolute Gasteiger partial charge is 0.227 e. The van der Waals surface area contributed by atoms with Crippen LogP contribution in [-0.2, 0) is 0 Å². The Morgan fingerprint density at radius 1 is 0.392 bits per heavy atom. The van der Waals surface area contributed by atoms with E-state index in [0.29, 0.717) is 5.89 Å². The fraction of sp³-hybridized carbons (Fsp3) is 0. The van der Waals surface area contributed by atoms with E-state index < -0.39 is 0 Å². The Kier molecular flexibility index (Phi) is 6.78. The Morgan fingerprint density at radius 2 is 0.980 bits per heavy atom. The number of anilines is 3. The third kappa shape index (κ3) is 5.04. The van der Waals surface area contributed by atoms with Crippen LogP contribution in [0.4, 0.5) is 17.1 Å². The molecular weight excluding hydrogens is 625 g/mol. The molecule has 2 aromatic heterocycles. The van der Waals surface area contributed by atoms with Crippen LogP contribution in [0, 0.1) is 0 Å². The van der Waals surface area contributed by atoms with Crippen LogP contribution < -0.4 is 4.90 Å². The summed E-state index contributed by atoms with van der Waals surface area (Å²) in [5.41, 5.74) is 11.9. The molecule has 0 aliphatic rings. The van der Waals surface area contributed by atoms with Crippen molar-refractivity contribution in [2.75, 3.05) is 4.90 Å². The zero-order valence-electron chi connectivity index (χ0n) is 27.5. The lowest BCUT2D eigenvalue weighted by Gasteiger charge is -2.26. The normalized spacial score (nSPS) is 11.5. The van der Waals surface area contributed by atoms with Gasteiger partial charge in [0, 0.05) is 45.0 Å². The van der Waals surface area contributed by atoms with E-state index in [-0.39, 0.29) is 0 Å². The van der Waals surface area contributed by atoms with E-state index in [9.17, 15) is 0 Å². The Bertz CT molecular complexity index is 2830. The highest BCUT2D eigenvalue weighted by Gasteiger charge is 2.18. The van der Waals surface area contributed by atoms with Crippen molar-refractivity contribution in [1.29, 1.82) is 0 Å². The number of oxazole rings is 1. The number of aromatic nitrogens is 1. The summed E-state index contributed by atoms with van der Waals surface area (Å²) in [4.78, 5) is 7.06. The Balaban J connectivity index is 1.01. The number of hydrogen-bond acceptors (Lipinski definition) is 4. The molecule has 10 aromatic rings. The first-order chi connectivity index (χ1) is 25.3. The second kappa shape index (κ2) is 11.9. The fourth-order valence-electron chi connectivity index (χ4n) is 7.23. The highest BCUT2D eigenvalue weighted by atomic mass is 16.4. The molecule has 0 aliphatic heterocycles. The molecule has 0 radical (unpaired) electrons. The van der Waals surface area contributed by atoms with Gasteiger partial charge in [-0.1, -0.05) is 121 Å². The summed E-state index contributed by atoms with van der Waals surface area (Å²) in [6.45, 7) is 0. The van der Waals surface area contributed by atoms with Crippen molar-refractivity contribution in [3.05, 3.63) is 182 Å². The molecule has 0 saturated heterocycles. The largest absolute Gasteiger partial charge is 0.455 e. The van der Waals surface area contributed by atoms with E-state index in [2.05, 4.69) is 144 Å². The van der Waals surface area contributed by atoms with E-state index in [4.69, 9.17) is 13.8 Å². The molecule has 4 heteroatoms. The molecule has 8 aromatic carbocycles. The molecule has 0 amide bonds. The van der Waals surface area contributed by atoms with E-state index in [1.165, 1.54) is 21.9 Å². The van der Waals surface area contributed by atoms with Crippen LogP contribution in [0.1, 0.15) is 0 Å². The second-order valence-corrected chi connectivity index (χ2v) is 12.8. The number of hydrogen-bond donors (Lipinski definition) is 0. The molecular formula is C47H30N2O2. The van der Waals surface area contributed by atoms with Crippen molar-refractivity contribution in [3.63, 3.8) is 0 Å². The summed E-state index contributed by atoms with van der Waals surface area (Å²) in [7, 11) is 0. The zero-order valence-corrected chi connectivity index (χ0v) is 27.5. The van der Waals surface area contributed by atoms with Gasteiger partial charge in [0.05, 0.1) is 0 Å².